The Morgan fingerprint density at radius 1 is 0.750 bits per heavy atom. The molecule has 0 fully saturated rings. The summed E-state index contributed by atoms with van der Waals surface area (Å²) < 4.78 is 2.72. The van der Waals surface area contributed by atoms with Crippen LogP contribution in [0, 0.1) is 0 Å². The average molecular weight is 440 g/mol. The summed E-state index contributed by atoms with van der Waals surface area (Å²) in [7, 11) is 0. The number of hydrogen-bond acceptors (Lipinski definition) is 1. The normalized spacial score (nSPS) is 12.2. The minimum atomic E-state index is -0.353. The Balaban J connectivity index is 1.70. The van der Waals surface area contributed by atoms with Crippen molar-refractivity contribution in [2.75, 3.05) is 0 Å². The van der Waals surface area contributed by atoms with Crippen molar-refractivity contribution in [3.63, 3.8) is 0 Å². The van der Waals surface area contributed by atoms with Crippen molar-refractivity contribution in [3.05, 3.63) is 72.3 Å². The van der Waals surface area contributed by atoms with Gasteiger partial charge >= 0.3 is 176 Å². The van der Waals surface area contributed by atoms with Crippen molar-refractivity contribution in [3.8, 4) is 20.0 Å². The molecule has 1 aromatic heterocycles. The van der Waals surface area contributed by atoms with Crippen LogP contribution in [-0.2, 0) is 0 Å². The third-order valence-corrected chi connectivity index (χ3v) is 7.92. The van der Waals surface area contributed by atoms with E-state index < -0.39 is 0 Å². The summed E-state index contributed by atoms with van der Waals surface area (Å²) in [6, 6.07) is 23.5. The average Bonchev–Trinajstić information content (AvgIpc) is 3.20. The van der Waals surface area contributed by atoms with E-state index in [2.05, 4.69) is 73.7 Å². The molecule has 0 saturated heterocycles. The summed E-state index contributed by atoms with van der Waals surface area (Å²) >= 11 is 0.235. The van der Waals surface area contributed by atoms with Crippen LogP contribution >= 0.6 is 0 Å². The van der Waals surface area contributed by atoms with Gasteiger partial charge in [0.15, 0.2) is 0 Å². The van der Waals surface area contributed by atoms with E-state index in [-0.39, 0.29) is 20.6 Å². The molecule has 1 heterocycles. The number of aliphatic hydroxyl groups is 1. The predicted octanol–water partition coefficient (Wildman–Crippen LogP) is 7.25. The topological polar surface area (TPSA) is 20.2 Å². The molecule has 0 aliphatic carbocycles. The standard InChI is InChI=1S/C26H32OSe/c1-2-3-4-5-6-7-14-19-24(27)23-20-25(21-15-10-8-11-16-21)28-26(23)22-17-12-9-13-18-22/h8-13,15-18,20,24,27H,2-7,14,19H2,1H3. The predicted molar refractivity (Wildman–Crippen MR) is 122 cm³/mol. The van der Waals surface area contributed by atoms with Crippen LogP contribution in [0.4, 0.5) is 0 Å². The fourth-order valence-corrected chi connectivity index (χ4v) is 6.24. The molecular formula is C26H32OSe. The minimum absolute atomic E-state index is 0.235. The molecule has 0 radical (unpaired) electrons. The van der Waals surface area contributed by atoms with Crippen LogP contribution < -0.4 is 0 Å². The van der Waals surface area contributed by atoms with Crippen LogP contribution in [0.2, 0.25) is 0 Å². The van der Waals surface area contributed by atoms with Crippen molar-refractivity contribution in [2.45, 2.75) is 64.4 Å². The van der Waals surface area contributed by atoms with Gasteiger partial charge in [0.1, 0.15) is 0 Å². The SMILES string of the molecule is CCCCCCCCCC(O)c1cc(-c2ccccc2)[se]c1-c1ccccc1. The maximum absolute atomic E-state index is 11.0. The number of hydrogen-bond donors (Lipinski definition) is 1. The van der Waals surface area contributed by atoms with Gasteiger partial charge in [0.25, 0.3) is 0 Å². The monoisotopic (exact) mass is 440 g/mol. The molecule has 3 aromatic rings. The molecule has 3 rings (SSSR count). The second-order valence-electron chi connectivity index (χ2n) is 7.55. The summed E-state index contributed by atoms with van der Waals surface area (Å²) in [5.74, 6) is 0. The van der Waals surface area contributed by atoms with Crippen molar-refractivity contribution >= 4 is 14.5 Å². The van der Waals surface area contributed by atoms with Gasteiger partial charge in [-0.2, -0.15) is 0 Å². The molecule has 0 aliphatic heterocycles. The van der Waals surface area contributed by atoms with Crippen LogP contribution in [-0.4, -0.2) is 19.6 Å². The number of unbranched alkanes of at least 4 members (excludes halogenated alkanes) is 6. The fourth-order valence-electron chi connectivity index (χ4n) is 3.66. The molecule has 148 valence electrons. The van der Waals surface area contributed by atoms with Gasteiger partial charge in [-0.15, -0.1) is 0 Å². The zero-order chi connectivity index (χ0) is 19.6. The van der Waals surface area contributed by atoms with Crippen LogP contribution in [0.15, 0.2) is 66.7 Å². The van der Waals surface area contributed by atoms with E-state index in [0.29, 0.717) is 0 Å². The molecule has 1 nitrogen and oxygen atoms in total. The summed E-state index contributed by atoms with van der Waals surface area (Å²) in [6.45, 7) is 2.26. The Bertz CT molecular complexity index is 807. The quantitative estimate of drug-likeness (QED) is 0.246. The zero-order valence-corrected chi connectivity index (χ0v) is 18.7. The first-order valence-electron chi connectivity index (χ1n) is 10.7. The molecule has 0 saturated carbocycles. The summed E-state index contributed by atoms with van der Waals surface area (Å²) in [4.78, 5) is 0. The van der Waals surface area contributed by atoms with E-state index in [9.17, 15) is 5.11 Å². The van der Waals surface area contributed by atoms with Gasteiger partial charge < -0.3 is 0 Å². The van der Waals surface area contributed by atoms with E-state index >= 15 is 0 Å². The Hall–Kier alpha value is -1.60. The van der Waals surface area contributed by atoms with E-state index in [4.69, 9.17) is 0 Å². The summed E-state index contributed by atoms with van der Waals surface area (Å²) in [5, 5.41) is 11.0. The number of aliphatic hydroxyl groups excluding tert-OH is 1. The molecule has 1 N–H and O–H groups in total. The van der Waals surface area contributed by atoms with Crippen LogP contribution in [0.3, 0.4) is 0 Å². The first kappa shape index (κ1) is 21.1. The second-order valence-corrected chi connectivity index (χ2v) is 9.76. The third kappa shape index (κ3) is 5.95. The van der Waals surface area contributed by atoms with Crippen LogP contribution in [0.25, 0.3) is 20.0 Å². The van der Waals surface area contributed by atoms with E-state index in [1.165, 1.54) is 58.5 Å². The first-order valence-corrected chi connectivity index (χ1v) is 12.4. The van der Waals surface area contributed by atoms with Crippen LogP contribution in [0.5, 0.6) is 0 Å². The van der Waals surface area contributed by atoms with Gasteiger partial charge in [-0.25, -0.2) is 0 Å². The molecule has 2 aromatic carbocycles. The van der Waals surface area contributed by atoms with Gasteiger partial charge in [0.2, 0.25) is 0 Å². The summed E-state index contributed by atoms with van der Waals surface area (Å²) in [6.07, 6.45) is 9.50. The Morgan fingerprint density at radius 3 is 1.96 bits per heavy atom. The molecule has 0 aliphatic rings. The Kier molecular flexibility index (Phi) is 8.61. The van der Waals surface area contributed by atoms with Crippen molar-refractivity contribution in [2.24, 2.45) is 0 Å². The molecule has 0 spiro atoms. The van der Waals surface area contributed by atoms with Gasteiger partial charge in [0.05, 0.1) is 0 Å². The van der Waals surface area contributed by atoms with Crippen molar-refractivity contribution in [1.29, 1.82) is 0 Å². The molecule has 28 heavy (non-hydrogen) atoms. The molecule has 1 atom stereocenters. The Labute approximate surface area is 176 Å². The molecule has 0 amide bonds. The van der Waals surface area contributed by atoms with Crippen molar-refractivity contribution in [1.82, 2.24) is 0 Å². The van der Waals surface area contributed by atoms with E-state index in [1.807, 2.05) is 0 Å². The maximum atomic E-state index is 11.0. The number of rotatable bonds is 11. The van der Waals surface area contributed by atoms with Gasteiger partial charge in [0, 0.05) is 0 Å². The van der Waals surface area contributed by atoms with Gasteiger partial charge in [-0.3, -0.25) is 0 Å². The van der Waals surface area contributed by atoms with Gasteiger partial charge in [-0.05, 0) is 0 Å². The zero-order valence-electron chi connectivity index (χ0n) is 16.9. The molecule has 1 unspecified atom stereocenters. The number of benzene rings is 2. The van der Waals surface area contributed by atoms with Crippen molar-refractivity contribution < 1.29 is 5.11 Å². The molecule has 0 bridgehead atoms. The third-order valence-electron chi connectivity index (χ3n) is 5.30. The van der Waals surface area contributed by atoms with E-state index in [0.717, 1.165) is 18.4 Å². The molecule has 2 heteroatoms. The van der Waals surface area contributed by atoms with Crippen LogP contribution in [0.1, 0.15) is 70.0 Å². The molecular weight excluding hydrogens is 407 g/mol. The van der Waals surface area contributed by atoms with Gasteiger partial charge in [-0.1, -0.05) is 0 Å². The van der Waals surface area contributed by atoms with E-state index in [1.54, 1.807) is 0 Å². The Morgan fingerprint density at radius 2 is 1.32 bits per heavy atom. The fraction of sp³-hybridized carbons (Fsp3) is 0.385. The first-order chi connectivity index (χ1) is 13.8. The second kappa shape index (κ2) is 11.4. The summed E-state index contributed by atoms with van der Waals surface area (Å²) in [5.41, 5.74) is 3.70.